The maximum absolute atomic E-state index is 12.2. The largest absolute Gasteiger partial charge is 0.469 e. The molecule has 0 fully saturated rings. The van der Waals surface area contributed by atoms with Gasteiger partial charge in [-0.3, -0.25) is 9.78 Å². The van der Waals surface area contributed by atoms with Crippen molar-refractivity contribution in [3.8, 4) is 0 Å². The molecular weight excluding hydrogens is 280 g/mol. The summed E-state index contributed by atoms with van der Waals surface area (Å²) in [5.41, 5.74) is 0.700. The molecule has 112 valence electrons. The van der Waals surface area contributed by atoms with E-state index in [2.05, 4.69) is 9.72 Å². The zero-order chi connectivity index (χ0) is 15.0. The summed E-state index contributed by atoms with van der Waals surface area (Å²) in [5, 5.41) is 0. The number of nitrogens with zero attached hydrogens (tertiary/aromatic N) is 2. The summed E-state index contributed by atoms with van der Waals surface area (Å²) in [5.74, 6) is -0.462. The molecule has 6 nitrogen and oxygen atoms in total. The van der Waals surface area contributed by atoms with Crippen LogP contribution in [0.25, 0.3) is 0 Å². The first-order chi connectivity index (χ1) is 9.49. The standard InChI is InChI=1S/C13H20N2O4S/c1-3-15(11-12-7-4-5-9-14-12)20(17,18)10-6-8-13(16)19-2/h4-5,7,9H,3,6,8,10-11H2,1-2H3. The number of carbonyl (C=O) groups excluding carboxylic acids is 1. The van der Waals surface area contributed by atoms with Crippen LogP contribution in [0.2, 0.25) is 0 Å². The van der Waals surface area contributed by atoms with Crippen molar-refractivity contribution in [3.05, 3.63) is 30.1 Å². The zero-order valence-corrected chi connectivity index (χ0v) is 12.6. The molecule has 0 amide bonds. The Bertz CT molecular complexity index is 516. The van der Waals surface area contributed by atoms with Crippen LogP contribution in [-0.2, 0) is 26.1 Å². The van der Waals surface area contributed by atoms with E-state index in [4.69, 9.17) is 0 Å². The Kier molecular flexibility index (Phi) is 6.60. The van der Waals surface area contributed by atoms with Crippen molar-refractivity contribution in [1.29, 1.82) is 0 Å². The monoisotopic (exact) mass is 300 g/mol. The molecule has 0 aliphatic carbocycles. The van der Waals surface area contributed by atoms with Gasteiger partial charge in [0.05, 0.1) is 25.1 Å². The van der Waals surface area contributed by atoms with E-state index in [1.807, 2.05) is 6.07 Å². The number of sulfonamides is 1. The maximum atomic E-state index is 12.2. The van der Waals surface area contributed by atoms with Crippen molar-refractivity contribution < 1.29 is 17.9 Å². The van der Waals surface area contributed by atoms with E-state index in [1.165, 1.54) is 11.4 Å². The van der Waals surface area contributed by atoms with Crippen LogP contribution in [0, 0.1) is 0 Å². The molecule has 1 aromatic heterocycles. The predicted octanol–water partition coefficient (Wildman–Crippen LogP) is 1.19. The Labute approximate surface area is 119 Å². The van der Waals surface area contributed by atoms with Crippen molar-refractivity contribution >= 4 is 16.0 Å². The third kappa shape index (κ3) is 5.26. The minimum atomic E-state index is -3.39. The van der Waals surface area contributed by atoms with Crippen molar-refractivity contribution in [2.45, 2.75) is 26.3 Å². The fourth-order valence-electron chi connectivity index (χ4n) is 1.71. The van der Waals surface area contributed by atoms with Crippen LogP contribution in [-0.4, -0.2) is 43.1 Å². The Hall–Kier alpha value is -1.47. The van der Waals surface area contributed by atoms with Gasteiger partial charge < -0.3 is 4.74 Å². The van der Waals surface area contributed by atoms with Gasteiger partial charge in [-0.2, -0.15) is 4.31 Å². The zero-order valence-electron chi connectivity index (χ0n) is 11.8. The number of hydrogen-bond donors (Lipinski definition) is 0. The number of rotatable bonds is 8. The van der Waals surface area contributed by atoms with Crippen molar-refractivity contribution in [2.75, 3.05) is 19.4 Å². The van der Waals surface area contributed by atoms with Crippen LogP contribution < -0.4 is 0 Å². The fraction of sp³-hybridized carbons (Fsp3) is 0.538. The second-order valence-corrected chi connectivity index (χ2v) is 6.33. The van der Waals surface area contributed by atoms with Gasteiger partial charge in [-0.15, -0.1) is 0 Å². The summed E-state index contributed by atoms with van der Waals surface area (Å²) >= 11 is 0. The number of pyridine rings is 1. The first-order valence-electron chi connectivity index (χ1n) is 6.44. The van der Waals surface area contributed by atoms with Crippen LogP contribution in [0.4, 0.5) is 0 Å². The van der Waals surface area contributed by atoms with E-state index in [0.29, 0.717) is 12.2 Å². The van der Waals surface area contributed by atoms with Crippen LogP contribution >= 0.6 is 0 Å². The molecule has 1 aromatic rings. The van der Waals surface area contributed by atoms with E-state index in [0.717, 1.165) is 0 Å². The molecule has 0 aromatic carbocycles. The van der Waals surface area contributed by atoms with E-state index >= 15 is 0 Å². The van der Waals surface area contributed by atoms with Gasteiger partial charge in [-0.25, -0.2) is 8.42 Å². The molecule has 0 aliphatic heterocycles. The van der Waals surface area contributed by atoms with Crippen LogP contribution in [0.5, 0.6) is 0 Å². The van der Waals surface area contributed by atoms with Crippen LogP contribution in [0.3, 0.4) is 0 Å². The van der Waals surface area contributed by atoms with Crippen LogP contribution in [0.1, 0.15) is 25.5 Å². The van der Waals surface area contributed by atoms with Crippen LogP contribution in [0.15, 0.2) is 24.4 Å². The van der Waals surface area contributed by atoms with Gasteiger partial charge in [0.1, 0.15) is 0 Å². The van der Waals surface area contributed by atoms with E-state index in [1.54, 1.807) is 25.3 Å². The number of methoxy groups -OCH3 is 1. The summed E-state index contributed by atoms with van der Waals surface area (Å²) in [4.78, 5) is 15.1. The molecule has 0 N–H and O–H groups in total. The minimum Gasteiger partial charge on any atom is -0.469 e. The topological polar surface area (TPSA) is 76.6 Å². The lowest BCUT2D eigenvalue weighted by Crippen LogP contribution is -2.32. The van der Waals surface area contributed by atoms with Crippen molar-refractivity contribution in [2.24, 2.45) is 0 Å². The lowest BCUT2D eigenvalue weighted by molar-refractivity contribution is -0.140. The molecule has 0 saturated carbocycles. The van der Waals surface area contributed by atoms with Gasteiger partial charge in [-0.05, 0) is 18.6 Å². The highest BCUT2D eigenvalue weighted by Crippen LogP contribution is 2.09. The Balaban J connectivity index is 2.60. The number of hydrogen-bond acceptors (Lipinski definition) is 5. The number of esters is 1. The van der Waals surface area contributed by atoms with E-state index in [9.17, 15) is 13.2 Å². The normalized spacial score (nSPS) is 11.6. The average molecular weight is 300 g/mol. The lowest BCUT2D eigenvalue weighted by atomic mass is 10.3. The van der Waals surface area contributed by atoms with E-state index < -0.39 is 16.0 Å². The summed E-state index contributed by atoms with van der Waals surface area (Å²) in [6.45, 7) is 2.40. The molecule has 0 unspecified atom stereocenters. The van der Waals surface area contributed by atoms with Crippen molar-refractivity contribution in [3.63, 3.8) is 0 Å². The highest BCUT2D eigenvalue weighted by molar-refractivity contribution is 7.89. The highest BCUT2D eigenvalue weighted by atomic mass is 32.2. The predicted molar refractivity (Wildman–Crippen MR) is 75.4 cm³/mol. The first-order valence-corrected chi connectivity index (χ1v) is 8.05. The lowest BCUT2D eigenvalue weighted by Gasteiger charge is -2.19. The molecular formula is C13H20N2O4S. The third-order valence-electron chi connectivity index (χ3n) is 2.82. The third-order valence-corrected chi connectivity index (χ3v) is 4.80. The van der Waals surface area contributed by atoms with Crippen molar-refractivity contribution in [1.82, 2.24) is 9.29 Å². The molecule has 0 radical (unpaired) electrons. The SMILES string of the molecule is CCN(Cc1ccccn1)S(=O)(=O)CCCC(=O)OC. The quantitative estimate of drug-likeness (QED) is 0.674. The second-order valence-electron chi connectivity index (χ2n) is 4.24. The molecule has 1 rings (SSSR count). The van der Waals surface area contributed by atoms with Gasteiger partial charge >= 0.3 is 5.97 Å². The number of ether oxygens (including phenoxy) is 1. The molecule has 0 bridgehead atoms. The highest BCUT2D eigenvalue weighted by Gasteiger charge is 2.21. The molecule has 1 heterocycles. The van der Waals surface area contributed by atoms with Gasteiger partial charge in [-0.1, -0.05) is 13.0 Å². The molecule has 7 heteroatoms. The van der Waals surface area contributed by atoms with Gasteiger partial charge in [0.2, 0.25) is 10.0 Å². The molecule has 0 aliphatic rings. The van der Waals surface area contributed by atoms with Gasteiger partial charge in [0.15, 0.2) is 0 Å². The molecule has 20 heavy (non-hydrogen) atoms. The number of carbonyl (C=O) groups is 1. The molecule has 0 spiro atoms. The Morgan fingerprint density at radius 2 is 2.15 bits per heavy atom. The molecule has 0 atom stereocenters. The first kappa shape index (κ1) is 16.6. The van der Waals surface area contributed by atoms with Gasteiger partial charge in [0, 0.05) is 19.2 Å². The smallest absolute Gasteiger partial charge is 0.305 e. The summed E-state index contributed by atoms with van der Waals surface area (Å²) < 4.78 is 30.2. The fourth-order valence-corrected chi connectivity index (χ4v) is 3.20. The average Bonchev–Trinajstić information content (AvgIpc) is 2.45. The van der Waals surface area contributed by atoms with Gasteiger partial charge in [0.25, 0.3) is 0 Å². The Morgan fingerprint density at radius 3 is 2.70 bits per heavy atom. The number of aromatic nitrogens is 1. The Morgan fingerprint density at radius 1 is 1.40 bits per heavy atom. The second kappa shape index (κ2) is 7.96. The van der Waals surface area contributed by atoms with E-state index in [-0.39, 0.29) is 25.1 Å². The minimum absolute atomic E-state index is 0.0667. The molecule has 0 saturated heterocycles. The summed E-state index contributed by atoms with van der Waals surface area (Å²) in [6, 6.07) is 5.39. The summed E-state index contributed by atoms with van der Waals surface area (Å²) in [7, 11) is -2.10. The summed E-state index contributed by atoms with van der Waals surface area (Å²) in [6.07, 6.45) is 2.00. The maximum Gasteiger partial charge on any atom is 0.305 e.